The van der Waals surface area contributed by atoms with Gasteiger partial charge >= 0.3 is 0 Å². The zero-order chi connectivity index (χ0) is 18.9. The fourth-order valence-electron chi connectivity index (χ4n) is 3.99. The van der Waals surface area contributed by atoms with Gasteiger partial charge in [0.15, 0.2) is 0 Å². The van der Waals surface area contributed by atoms with Crippen LogP contribution in [0.5, 0.6) is 0 Å². The van der Waals surface area contributed by atoms with Crippen molar-refractivity contribution in [3.05, 3.63) is 29.8 Å². The highest BCUT2D eigenvalue weighted by Crippen LogP contribution is 2.22. The van der Waals surface area contributed by atoms with Gasteiger partial charge in [-0.1, -0.05) is 12.1 Å². The van der Waals surface area contributed by atoms with Crippen molar-refractivity contribution >= 4 is 21.8 Å². The number of benzene rings is 1. The number of nitrogens with one attached hydrogen (secondary N) is 2. The molecule has 0 radical (unpaired) electrons. The fourth-order valence-corrected chi connectivity index (χ4v) is 5.24. The number of amidine groups is 1. The average molecular weight is 391 g/mol. The lowest BCUT2D eigenvalue weighted by Gasteiger charge is -2.32. The molecule has 1 amide bonds. The van der Waals surface area contributed by atoms with Crippen LogP contribution in [-0.4, -0.2) is 81.8 Å². The number of hydrogen-bond acceptors (Lipinski definition) is 6. The number of rotatable bonds is 4. The first-order valence-corrected chi connectivity index (χ1v) is 10.9. The van der Waals surface area contributed by atoms with Gasteiger partial charge < -0.3 is 10.2 Å². The monoisotopic (exact) mass is 391 g/mol. The van der Waals surface area contributed by atoms with E-state index in [4.69, 9.17) is 0 Å². The third-order valence-corrected chi connectivity index (χ3v) is 6.84. The number of hydrogen-bond donors (Lipinski definition) is 2. The summed E-state index contributed by atoms with van der Waals surface area (Å²) >= 11 is 0. The molecule has 1 atom stereocenters. The predicted octanol–water partition coefficient (Wildman–Crippen LogP) is -0.379. The van der Waals surface area contributed by atoms with E-state index in [-0.39, 0.29) is 17.3 Å². The molecule has 146 valence electrons. The minimum absolute atomic E-state index is 0.0890. The van der Waals surface area contributed by atoms with Gasteiger partial charge in [0.2, 0.25) is 5.91 Å². The van der Waals surface area contributed by atoms with E-state index in [9.17, 15) is 13.2 Å². The number of fused-ring (bicyclic) bond motifs is 1. The summed E-state index contributed by atoms with van der Waals surface area (Å²) in [6.45, 7) is 5.96. The average Bonchev–Trinajstić information content (AvgIpc) is 3.27. The SMILES string of the molecule is O=C(CCN=C1NS(=O)(=O)c2ccccc21)N1CCC(N2CCNCC2)C1. The van der Waals surface area contributed by atoms with Crippen LogP contribution in [0.3, 0.4) is 0 Å². The Morgan fingerprint density at radius 2 is 1.96 bits per heavy atom. The number of nitrogens with zero attached hydrogens (tertiary/aromatic N) is 3. The lowest BCUT2D eigenvalue weighted by Crippen LogP contribution is -2.49. The van der Waals surface area contributed by atoms with Gasteiger partial charge in [-0.2, -0.15) is 0 Å². The van der Waals surface area contributed by atoms with Gasteiger partial charge in [-0.15, -0.1) is 0 Å². The smallest absolute Gasteiger partial charge is 0.263 e. The molecule has 3 aliphatic heterocycles. The number of likely N-dealkylation sites (tertiary alicyclic amines) is 1. The van der Waals surface area contributed by atoms with Crippen LogP contribution in [0.4, 0.5) is 0 Å². The molecule has 1 aromatic carbocycles. The number of amides is 1. The van der Waals surface area contributed by atoms with Crippen LogP contribution >= 0.6 is 0 Å². The van der Waals surface area contributed by atoms with Gasteiger partial charge in [0.05, 0.1) is 11.4 Å². The highest BCUT2D eigenvalue weighted by atomic mass is 32.2. The Labute approximate surface area is 159 Å². The normalized spacial score (nSPS) is 26.1. The first-order chi connectivity index (χ1) is 13.0. The standard InChI is InChI=1S/C18H25N5O3S/c24-17(23-10-6-14(13-23)22-11-8-19-9-12-22)5-7-20-18-15-3-1-2-4-16(15)27(25,26)21-18/h1-4,14,19H,5-13H2,(H,20,21). The first kappa shape index (κ1) is 18.4. The molecule has 1 aromatic rings. The lowest BCUT2D eigenvalue weighted by molar-refractivity contribution is -0.130. The van der Waals surface area contributed by atoms with E-state index in [1.54, 1.807) is 24.3 Å². The molecule has 0 bridgehead atoms. The van der Waals surface area contributed by atoms with Gasteiger partial charge in [-0.05, 0) is 18.6 Å². The zero-order valence-corrected chi connectivity index (χ0v) is 16.0. The molecular formula is C18H25N5O3S. The van der Waals surface area contributed by atoms with Gasteiger partial charge in [0.1, 0.15) is 5.84 Å². The Bertz CT molecular complexity index is 848. The second-order valence-corrected chi connectivity index (χ2v) is 8.80. The van der Waals surface area contributed by atoms with E-state index in [2.05, 4.69) is 19.9 Å². The molecule has 3 aliphatic rings. The molecule has 0 spiro atoms. The van der Waals surface area contributed by atoms with Crippen molar-refractivity contribution in [3.8, 4) is 0 Å². The predicted molar refractivity (Wildman–Crippen MR) is 102 cm³/mol. The molecule has 0 saturated carbocycles. The van der Waals surface area contributed by atoms with Crippen molar-refractivity contribution in [3.63, 3.8) is 0 Å². The number of carbonyl (C=O) groups excluding carboxylic acids is 1. The van der Waals surface area contributed by atoms with E-state index in [1.165, 1.54) is 0 Å². The number of aliphatic imine (C=N–C) groups is 1. The molecule has 3 heterocycles. The van der Waals surface area contributed by atoms with Crippen molar-refractivity contribution in [2.45, 2.75) is 23.8 Å². The molecule has 8 nitrogen and oxygen atoms in total. The van der Waals surface area contributed by atoms with E-state index >= 15 is 0 Å². The topological polar surface area (TPSA) is 94.1 Å². The molecule has 2 fully saturated rings. The Hall–Kier alpha value is -1.97. The van der Waals surface area contributed by atoms with Crippen LogP contribution in [0.15, 0.2) is 34.2 Å². The molecule has 9 heteroatoms. The van der Waals surface area contributed by atoms with E-state index in [0.29, 0.717) is 23.9 Å². The van der Waals surface area contributed by atoms with Gasteiger partial charge in [0, 0.05) is 57.3 Å². The third kappa shape index (κ3) is 3.85. The summed E-state index contributed by atoms with van der Waals surface area (Å²) in [7, 11) is -3.53. The quantitative estimate of drug-likeness (QED) is 0.730. The Morgan fingerprint density at radius 1 is 1.19 bits per heavy atom. The van der Waals surface area contributed by atoms with E-state index in [0.717, 1.165) is 45.7 Å². The lowest BCUT2D eigenvalue weighted by atomic mass is 10.2. The van der Waals surface area contributed by atoms with Crippen molar-refractivity contribution < 1.29 is 13.2 Å². The molecule has 2 saturated heterocycles. The van der Waals surface area contributed by atoms with Crippen LogP contribution in [0.25, 0.3) is 0 Å². The van der Waals surface area contributed by atoms with E-state index < -0.39 is 10.0 Å². The molecule has 0 aliphatic carbocycles. The maximum atomic E-state index is 12.5. The number of carbonyl (C=O) groups is 1. The summed E-state index contributed by atoms with van der Waals surface area (Å²) in [5, 5.41) is 3.35. The summed E-state index contributed by atoms with van der Waals surface area (Å²) < 4.78 is 26.6. The second-order valence-electron chi connectivity index (χ2n) is 7.15. The third-order valence-electron chi connectivity index (χ3n) is 5.44. The Balaban J connectivity index is 1.32. The Kier molecular flexibility index (Phi) is 5.16. The number of sulfonamides is 1. The molecule has 27 heavy (non-hydrogen) atoms. The van der Waals surface area contributed by atoms with Crippen molar-refractivity contribution in [1.82, 2.24) is 19.8 Å². The van der Waals surface area contributed by atoms with Crippen molar-refractivity contribution in [1.29, 1.82) is 0 Å². The molecular weight excluding hydrogens is 366 g/mol. The van der Waals surface area contributed by atoms with Crippen LogP contribution in [0.2, 0.25) is 0 Å². The zero-order valence-electron chi connectivity index (χ0n) is 15.2. The summed E-state index contributed by atoms with van der Waals surface area (Å²) in [6.07, 6.45) is 1.31. The van der Waals surface area contributed by atoms with Crippen LogP contribution in [0.1, 0.15) is 18.4 Å². The Morgan fingerprint density at radius 3 is 2.78 bits per heavy atom. The summed E-state index contributed by atoms with van der Waals surface area (Å²) in [4.78, 5) is 21.5. The molecule has 2 N–H and O–H groups in total. The minimum atomic E-state index is -3.53. The minimum Gasteiger partial charge on any atom is -0.341 e. The first-order valence-electron chi connectivity index (χ1n) is 9.44. The highest BCUT2D eigenvalue weighted by molar-refractivity contribution is 7.90. The van der Waals surface area contributed by atoms with Crippen molar-refractivity contribution in [2.75, 3.05) is 45.8 Å². The number of piperazine rings is 1. The van der Waals surface area contributed by atoms with Crippen LogP contribution < -0.4 is 10.0 Å². The maximum Gasteiger partial charge on any atom is 0.263 e. The van der Waals surface area contributed by atoms with Crippen LogP contribution in [0, 0.1) is 0 Å². The molecule has 1 unspecified atom stereocenters. The largest absolute Gasteiger partial charge is 0.341 e. The highest BCUT2D eigenvalue weighted by Gasteiger charge is 2.32. The fraction of sp³-hybridized carbons (Fsp3) is 0.556. The summed E-state index contributed by atoms with van der Waals surface area (Å²) in [5.74, 6) is 0.421. The molecule has 4 rings (SSSR count). The van der Waals surface area contributed by atoms with Crippen LogP contribution in [-0.2, 0) is 14.8 Å². The van der Waals surface area contributed by atoms with Gasteiger partial charge in [0.25, 0.3) is 10.0 Å². The molecule has 0 aromatic heterocycles. The summed E-state index contributed by atoms with van der Waals surface area (Å²) in [6, 6.07) is 7.21. The summed E-state index contributed by atoms with van der Waals surface area (Å²) in [5.41, 5.74) is 0.574. The van der Waals surface area contributed by atoms with Gasteiger partial charge in [-0.25, -0.2) is 8.42 Å². The van der Waals surface area contributed by atoms with E-state index in [1.807, 2.05) is 4.90 Å². The maximum absolute atomic E-state index is 12.5. The van der Waals surface area contributed by atoms with Crippen molar-refractivity contribution in [2.24, 2.45) is 4.99 Å². The van der Waals surface area contributed by atoms with Gasteiger partial charge in [-0.3, -0.25) is 19.4 Å². The second kappa shape index (κ2) is 7.57.